The number of carbonyl (C=O) groups is 1. The van der Waals surface area contributed by atoms with Crippen molar-refractivity contribution in [2.75, 3.05) is 36.9 Å². The first-order valence-electron chi connectivity index (χ1n) is 7.83. The first kappa shape index (κ1) is 18.6. The number of halogens is 1. The Morgan fingerprint density at radius 1 is 1.12 bits per heavy atom. The van der Waals surface area contributed by atoms with Gasteiger partial charge in [-0.3, -0.25) is 0 Å². The van der Waals surface area contributed by atoms with Gasteiger partial charge in [0.2, 0.25) is 10.0 Å². The van der Waals surface area contributed by atoms with Crippen molar-refractivity contribution in [2.24, 2.45) is 0 Å². The zero-order chi connectivity index (χ0) is 18.6. The number of ether oxygens (including phenoxy) is 1. The Labute approximate surface area is 156 Å². The molecule has 0 atom stereocenters. The molecule has 2 amide bonds. The maximum atomic E-state index is 12.7. The fraction of sp³-hybridized carbons (Fsp3) is 0.250. The standard InChI is InChI=1S/C16H17ClN4O4S/c17-15-11-13(4-5-18-15)20-16(22)19-12-2-1-3-14(10-12)26(23,24)21-6-8-25-9-7-21/h1-5,10-11H,6-9H2,(H2,18,19,20,22). The van der Waals surface area contributed by atoms with Crippen LogP contribution in [0.25, 0.3) is 0 Å². The number of nitrogens with zero attached hydrogens (tertiary/aromatic N) is 2. The lowest BCUT2D eigenvalue weighted by molar-refractivity contribution is 0.0730. The third-order valence-electron chi connectivity index (χ3n) is 3.68. The van der Waals surface area contributed by atoms with Gasteiger partial charge in [0, 0.05) is 30.7 Å². The van der Waals surface area contributed by atoms with Gasteiger partial charge in [0.05, 0.1) is 18.1 Å². The number of hydrogen-bond acceptors (Lipinski definition) is 5. The van der Waals surface area contributed by atoms with Gasteiger partial charge in [0.25, 0.3) is 0 Å². The van der Waals surface area contributed by atoms with Gasteiger partial charge in [-0.15, -0.1) is 0 Å². The molecule has 0 unspecified atom stereocenters. The Balaban J connectivity index is 1.71. The monoisotopic (exact) mass is 396 g/mol. The summed E-state index contributed by atoms with van der Waals surface area (Å²) in [5, 5.41) is 5.46. The number of nitrogens with one attached hydrogen (secondary N) is 2. The highest BCUT2D eigenvalue weighted by molar-refractivity contribution is 7.89. The topological polar surface area (TPSA) is 101 Å². The summed E-state index contributed by atoms with van der Waals surface area (Å²) in [4.78, 5) is 16.0. The van der Waals surface area contributed by atoms with Crippen LogP contribution in [0.2, 0.25) is 5.15 Å². The molecule has 1 fully saturated rings. The summed E-state index contributed by atoms with van der Waals surface area (Å²) in [5.74, 6) is 0. The van der Waals surface area contributed by atoms with Gasteiger partial charge in [-0.05, 0) is 30.3 Å². The number of anilines is 2. The van der Waals surface area contributed by atoms with E-state index in [1.807, 2.05) is 0 Å². The lowest BCUT2D eigenvalue weighted by Gasteiger charge is -2.26. The van der Waals surface area contributed by atoms with Crippen molar-refractivity contribution >= 4 is 39.0 Å². The Kier molecular flexibility index (Phi) is 5.72. The first-order valence-corrected chi connectivity index (χ1v) is 9.64. The van der Waals surface area contributed by atoms with Gasteiger partial charge >= 0.3 is 6.03 Å². The molecular formula is C16H17ClN4O4S. The number of carbonyl (C=O) groups excluding carboxylic acids is 1. The van der Waals surface area contributed by atoms with E-state index in [4.69, 9.17) is 16.3 Å². The molecule has 2 aromatic rings. The van der Waals surface area contributed by atoms with Crippen LogP contribution in [-0.4, -0.2) is 50.0 Å². The molecule has 3 rings (SSSR count). The zero-order valence-electron chi connectivity index (χ0n) is 13.7. The minimum atomic E-state index is -3.63. The van der Waals surface area contributed by atoms with Crippen molar-refractivity contribution in [3.63, 3.8) is 0 Å². The number of hydrogen-bond donors (Lipinski definition) is 2. The minimum absolute atomic E-state index is 0.115. The lowest BCUT2D eigenvalue weighted by atomic mass is 10.3. The molecule has 1 saturated heterocycles. The highest BCUT2D eigenvalue weighted by Crippen LogP contribution is 2.21. The molecule has 0 spiro atoms. The number of sulfonamides is 1. The Morgan fingerprint density at radius 3 is 2.50 bits per heavy atom. The number of rotatable bonds is 4. The summed E-state index contributed by atoms with van der Waals surface area (Å²) in [7, 11) is -3.63. The highest BCUT2D eigenvalue weighted by Gasteiger charge is 2.26. The smallest absolute Gasteiger partial charge is 0.323 e. The second-order valence-corrected chi connectivity index (χ2v) is 7.82. The average Bonchev–Trinajstić information content (AvgIpc) is 2.62. The molecule has 0 saturated carbocycles. The van der Waals surface area contributed by atoms with Crippen molar-refractivity contribution in [1.82, 2.24) is 9.29 Å². The second-order valence-electron chi connectivity index (χ2n) is 5.49. The van der Waals surface area contributed by atoms with Crippen LogP contribution >= 0.6 is 11.6 Å². The highest BCUT2D eigenvalue weighted by atomic mass is 35.5. The van der Waals surface area contributed by atoms with E-state index in [0.29, 0.717) is 37.7 Å². The van der Waals surface area contributed by atoms with Gasteiger partial charge < -0.3 is 15.4 Å². The Morgan fingerprint density at radius 2 is 1.81 bits per heavy atom. The summed E-state index contributed by atoms with van der Waals surface area (Å²) in [5.41, 5.74) is 0.830. The van der Waals surface area contributed by atoms with E-state index in [0.717, 1.165) is 0 Å². The number of aromatic nitrogens is 1. The molecule has 2 N–H and O–H groups in total. The van der Waals surface area contributed by atoms with E-state index in [1.54, 1.807) is 18.2 Å². The van der Waals surface area contributed by atoms with Crippen LogP contribution in [0.4, 0.5) is 16.2 Å². The summed E-state index contributed by atoms with van der Waals surface area (Å²) in [6.45, 7) is 1.36. The molecule has 0 radical (unpaired) electrons. The van der Waals surface area contributed by atoms with Crippen LogP contribution in [0.1, 0.15) is 0 Å². The van der Waals surface area contributed by atoms with Crippen LogP contribution in [0.15, 0.2) is 47.5 Å². The van der Waals surface area contributed by atoms with Crippen LogP contribution in [0, 0.1) is 0 Å². The third-order valence-corrected chi connectivity index (χ3v) is 5.79. The van der Waals surface area contributed by atoms with Crippen molar-refractivity contribution in [3.05, 3.63) is 47.7 Å². The summed E-state index contributed by atoms with van der Waals surface area (Å²) in [6.07, 6.45) is 1.47. The van der Waals surface area contributed by atoms with Crippen molar-refractivity contribution in [3.8, 4) is 0 Å². The van der Waals surface area contributed by atoms with Crippen molar-refractivity contribution in [2.45, 2.75) is 4.90 Å². The third kappa shape index (κ3) is 4.50. The number of morpholine rings is 1. The summed E-state index contributed by atoms with van der Waals surface area (Å²) in [6, 6.07) is 8.67. The quantitative estimate of drug-likeness (QED) is 0.773. The predicted octanol–water partition coefficient (Wildman–Crippen LogP) is 2.40. The summed E-state index contributed by atoms with van der Waals surface area (Å²) < 4.78 is 31.9. The van der Waals surface area contributed by atoms with E-state index in [1.165, 1.54) is 28.7 Å². The maximum Gasteiger partial charge on any atom is 0.323 e. The van der Waals surface area contributed by atoms with Gasteiger partial charge in [-0.25, -0.2) is 18.2 Å². The molecule has 138 valence electrons. The van der Waals surface area contributed by atoms with Gasteiger partial charge in [-0.1, -0.05) is 17.7 Å². The second kappa shape index (κ2) is 8.00. The molecule has 1 aliphatic heterocycles. The molecule has 1 aromatic heterocycles. The molecule has 1 aliphatic rings. The Hall–Kier alpha value is -2.20. The lowest BCUT2D eigenvalue weighted by Crippen LogP contribution is -2.40. The van der Waals surface area contributed by atoms with E-state index in [9.17, 15) is 13.2 Å². The van der Waals surface area contributed by atoms with Crippen molar-refractivity contribution in [1.29, 1.82) is 0 Å². The van der Waals surface area contributed by atoms with Crippen molar-refractivity contribution < 1.29 is 17.9 Å². The van der Waals surface area contributed by atoms with E-state index < -0.39 is 16.1 Å². The largest absolute Gasteiger partial charge is 0.379 e. The number of pyridine rings is 1. The van der Waals surface area contributed by atoms with E-state index >= 15 is 0 Å². The van der Waals surface area contributed by atoms with E-state index in [2.05, 4.69) is 15.6 Å². The molecular weight excluding hydrogens is 380 g/mol. The number of benzene rings is 1. The fourth-order valence-electron chi connectivity index (χ4n) is 2.44. The molecule has 26 heavy (non-hydrogen) atoms. The predicted molar refractivity (Wildman–Crippen MR) is 97.9 cm³/mol. The number of urea groups is 1. The fourth-order valence-corrected chi connectivity index (χ4v) is 4.07. The van der Waals surface area contributed by atoms with Gasteiger partial charge in [-0.2, -0.15) is 4.31 Å². The SMILES string of the molecule is O=C(Nc1cccc(S(=O)(=O)N2CCOCC2)c1)Nc1ccnc(Cl)c1. The Bertz CT molecular complexity index is 901. The molecule has 0 aliphatic carbocycles. The van der Waals surface area contributed by atoms with Crippen LogP contribution < -0.4 is 10.6 Å². The molecule has 2 heterocycles. The van der Waals surface area contributed by atoms with Crippen LogP contribution in [0.5, 0.6) is 0 Å². The maximum absolute atomic E-state index is 12.7. The minimum Gasteiger partial charge on any atom is -0.379 e. The molecule has 0 bridgehead atoms. The summed E-state index contributed by atoms with van der Waals surface area (Å²) >= 11 is 5.77. The van der Waals surface area contributed by atoms with Gasteiger partial charge in [0.1, 0.15) is 5.15 Å². The molecule has 10 heteroatoms. The molecule has 8 nitrogen and oxygen atoms in total. The number of amides is 2. The zero-order valence-corrected chi connectivity index (χ0v) is 15.3. The molecule has 1 aromatic carbocycles. The van der Waals surface area contributed by atoms with Gasteiger partial charge in [0.15, 0.2) is 0 Å². The first-order chi connectivity index (χ1) is 12.4. The van der Waals surface area contributed by atoms with E-state index in [-0.39, 0.29) is 10.0 Å². The van der Waals surface area contributed by atoms with Crippen LogP contribution in [0.3, 0.4) is 0 Å². The normalized spacial score (nSPS) is 15.4. The van der Waals surface area contributed by atoms with Crippen LogP contribution in [-0.2, 0) is 14.8 Å². The average molecular weight is 397 g/mol.